The number of aromatic nitrogens is 2. The van der Waals surface area contributed by atoms with Gasteiger partial charge >= 0.3 is 0 Å². The van der Waals surface area contributed by atoms with E-state index in [0.29, 0.717) is 23.0 Å². The van der Waals surface area contributed by atoms with Crippen LogP contribution < -0.4 is 10.6 Å². The van der Waals surface area contributed by atoms with Crippen molar-refractivity contribution in [2.45, 2.75) is 83.7 Å². The maximum absolute atomic E-state index is 13.8. The first-order valence-electron chi connectivity index (χ1n) is 19.4. The molecule has 6 nitrogen and oxygen atoms in total. The van der Waals surface area contributed by atoms with E-state index in [9.17, 15) is 9.59 Å². The van der Waals surface area contributed by atoms with E-state index < -0.39 is 0 Å². The van der Waals surface area contributed by atoms with E-state index in [1.807, 2.05) is 72.8 Å². The lowest BCUT2D eigenvalue weighted by Gasteiger charge is -2.34. The smallest absolute Gasteiger partial charge is 0.252 e. The summed E-state index contributed by atoms with van der Waals surface area (Å²) in [5.74, 6) is 1.37. The molecule has 0 bridgehead atoms. The topological polar surface area (TPSA) is 84.0 Å². The molecular formula is C47H48N4O2. The van der Waals surface area contributed by atoms with Crippen LogP contribution in [0.5, 0.6) is 0 Å². The molecule has 2 amide bonds. The number of benzene rings is 4. The molecule has 0 aliphatic heterocycles. The van der Waals surface area contributed by atoms with Gasteiger partial charge in [-0.3, -0.25) is 9.59 Å². The predicted molar refractivity (Wildman–Crippen MR) is 215 cm³/mol. The normalized spacial score (nSPS) is 20.3. The van der Waals surface area contributed by atoms with Crippen molar-refractivity contribution in [1.82, 2.24) is 20.6 Å². The van der Waals surface area contributed by atoms with E-state index in [1.165, 1.54) is 17.5 Å². The molecule has 8 rings (SSSR count). The molecule has 53 heavy (non-hydrogen) atoms. The van der Waals surface area contributed by atoms with Crippen molar-refractivity contribution in [3.8, 4) is 22.5 Å². The molecule has 0 radical (unpaired) electrons. The van der Waals surface area contributed by atoms with Gasteiger partial charge in [-0.25, -0.2) is 9.97 Å². The number of hydrogen-bond donors (Lipinski definition) is 2. The second-order valence-electron chi connectivity index (χ2n) is 15.5. The van der Waals surface area contributed by atoms with Crippen molar-refractivity contribution in [1.29, 1.82) is 0 Å². The minimum Gasteiger partial charge on any atom is -0.349 e. The number of fused-ring (bicyclic) bond motifs is 2. The van der Waals surface area contributed by atoms with Crippen molar-refractivity contribution in [2.24, 2.45) is 11.8 Å². The number of amides is 2. The second-order valence-corrected chi connectivity index (χ2v) is 15.5. The highest BCUT2D eigenvalue weighted by Gasteiger charge is 2.29. The average molecular weight is 701 g/mol. The molecule has 4 aromatic carbocycles. The van der Waals surface area contributed by atoms with E-state index in [2.05, 4.69) is 60.9 Å². The molecular weight excluding hydrogens is 653 g/mol. The van der Waals surface area contributed by atoms with Crippen LogP contribution in [0.2, 0.25) is 0 Å². The maximum Gasteiger partial charge on any atom is 0.252 e. The Balaban J connectivity index is 0.845. The summed E-state index contributed by atoms with van der Waals surface area (Å²) in [6, 6.07) is 36.8. The summed E-state index contributed by atoms with van der Waals surface area (Å²) in [7, 11) is 0. The maximum atomic E-state index is 13.8. The molecule has 2 fully saturated rings. The predicted octanol–water partition coefficient (Wildman–Crippen LogP) is 10.4. The van der Waals surface area contributed by atoms with Gasteiger partial charge in [-0.2, -0.15) is 0 Å². The molecule has 2 aliphatic carbocycles. The zero-order valence-corrected chi connectivity index (χ0v) is 30.8. The zero-order valence-electron chi connectivity index (χ0n) is 30.8. The number of carbonyl (C=O) groups is 2. The minimum absolute atomic E-state index is 0.00697. The number of para-hydroxylation sites is 2. The fourth-order valence-corrected chi connectivity index (χ4v) is 8.71. The Morgan fingerprint density at radius 2 is 0.943 bits per heavy atom. The summed E-state index contributed by atoms with van der Waals surface area (Å²) >= 11 is 0. The number of nitrogens with zero attached hydrogens (tertiary/aromatic N) is 2. The Bertz CT molecular complexity index is 2120. The van der Waals surface area contributed by atoms with E-state index in [4.69, 9.17) is 9.97 Å². The molecule has 268 valence electrons. The zero-order chi connectivity index (χ0) is 36.3. The number of pyridine rings is 2. The Labute approximate surface area is 312 Å². The van der Waals surface area contributed by atoms with Crippen LogP contribution in [-0.2, 0) is 0 Å². The molecule has 0 unspecified atom stereocenters. The van der Waals surface area contributed by atoms with Gasteiger partial charge in [0, 0.05) is 34.0 Å². The summed E-state index contributed by atoms with van der Waals surface area (Å²) < 4.78 is 0. The van der Waals surface area contributed by atoms with Gasteiger partial charge < -0.3 is 10.6 Å². The highest BCUT2D eigenvalue weighted by molar-refractivity contribution is 6.08. The van der Waals surface area contributed by atoms with Gasteiger partial charge in [0.1, 0.15) is 0 Å². The minimum atomic E-state index is -0.00697. The average Bonchev–Trinajstić information content (AvgIpc) is 3.18. The van der Waals surface area contributed by atoms with Crippen LogP contribution in [0.3, 0.4) is 0 Å². The quantitative estimate of drug-likeness (QED) is 0.166. The number of aryl methyl sites for hydroxylation is 2. The van der Waals surface area contributed by atoms with Crippen LogP contribution in [0.25, 0.3) is 44.3 Å². The van der Waals surface area contributed by atoms with Crippen molar-refractivity contribution in [3.63, 3.8) is 0 Å². The first kappa shape index (κ1) is 34.7. The number of carbonyl (C=O) groups excluding carboxylic acids is 2. The third-order valence-corrected chi connectivity index (χ3v) is 11.6. The van der Waals surface area contributed by atoms with Crippen LogP contribution in [-0.4, -0.2) is 33.9 Å². The fraction of sp³-hybridized carbons (Fsp3) is 0.319. The Morgan fingerprint density at radius 1 is 0.528 bits per heavy atom. The molecule has 2 N–H and O–H groups in total. The van der Waals surface area contributed by atoms with Gasteiger partial charge in [-0.05, 0) is 120 Å². The third kappa shape index (κ3) is 7.87. The molecule has 6 heteroatoms. The van der Waals surface area contributed by atoms with Gasteiger partial charge in [0.15, 0.2) is 0 Å². The molecule has 0 atom stereocenters. The second kappa shape index (κ2) is 15.3. The molecule has 2 aromatic heterocycles. The van der Waals surface area contributed by atoms with Gasteiger partial charge in [-0.15, -0.1) is 0 Å². The number of nitrogens with one attached hydrogen (secondary N) is 2. The molecule has 0 saturated heterocycles. The SMILES string of the molecule is Cc1cccc(-c2cc(C(=O)NC3CCC(CC4CCC(NC(=O)c5cc(-c6cccc(C)c6)nc6ccccc56)CC4)CC3)c3ccccc3n2)c1. The fourth-order valence-electron chi connectivity index (χ4n) is 8.71. The van der Waals surface area contributed by atoms with E-state index in [-0.39, 0.29) is 23.9 Å². The summed E-state index contributed by atoms with van der Waals surface area (Å²) in [5, 5.41) is 8.57. The molecule has 2 heterocycles. The van der Waals surface area contributed by atoms with Crippen LogP contribution in [0.4, 0.5) is 0 Å². The third-order valence-electron chi connectivity index (χ3n) is 11.6. The summed E-state index contributed by atoms with van der Waals surface area (Å²) in [5.41, 5.74) is 9.12. The van der Waals surface area contributed by atoms with Crippen molar-refractivity contribution < 1.29 is 9.59 Å². The van der Waals surface area contributed by atoms with Gasteiger partial charge in [0.2, 0.25) is 0 Å². The first-order chi connectivity index (χ1) is 25.9. The molecule has 0 spiro atoms. The van der Waals surface area contributed by atoms with Crippen molar-refractivity contribution >= 4 is 33.6 Å². The lowest BCUT2D eigenvalue weighted by atomic mass is 9.75. The van der Waals surface area contributed by atoms with Crippen LogP contribution in [0, 0.1) is 25.7 Å². The van der Waals surface area contributed by atoms with Gasteiger partial charge in [0.05, 0.1) is 33.5 Å². The first-order valence-corrected chi connectivity index (χ1v) is 19.4. The van der Waals surface area contributed by atoms with Gasteiger partial charge in [-0.1, -0.05) is 83.9 Å². The molecule has 6 aromatic rings. The molecule has 2 aliphatic rings. The number of hydrogen-bond acceptors (Lipinski definition) is 4. The monoisotopic (exact) mass is 700 g/mol. The lowest BCUT2D eigenvalue weighted by molar-refractivity contribution is 0.0919. The van der Waals surface area contributed by atoms with E-state index in [1.54, 1.807) is 0 Å². The van der Waals surface area contributed by atoms with E-state index >= 15 is 0 Å². The Morgan fingerprint density at radius 3 is 1.36 bits per heavy atom. The summed E-state index contributed by atoms with van der Waals surface area (Å²) in [4.78, 5) is 37.3. The summed E-state index contributed by atoms with van der Waals surface area (Å²) in [6.45, 7) is 4.15. The largest absolute Gasteiger partial charge is 0.349 e. The van der Waals surface area contributed by atoms with Crippen LogP contribution >= 0.6 is 0 Å². The summed E-state index contributed by atoms with van der Waals surface area (Å²) in [6.07, 6.45) is 9.87. The molecule has 2 saturated carbocycles. The Hall–Kier alpha value is -5.36. The van der Waals surface area contributed by atoms with E-state index in [0.717, 1.165) is 95.7 Å². The van der Waals surface area contributed by atoms with Crippen LogP contribution in [0.1, 0.15) is 89.6 Å². The van der Waals surface area contributed by atoms with Crippen molar-refractivity contribution in [2.75, 3.05) is 0 Å². The van der Waals surface area contributed by atoms with Crippen LogP contribution in [0.15, 0.2) is 109 Å². The number of rotatable bonds is 8. The highest BCUT2D eigenvalue weighted by atomic mass is 16.2. The standard InChI is InChI=1S/C47H48N4O2/c1-30-9-7-11-34(25-30)44-28-40(38-13-3-5-15-42(38)50-44)46(52)48-36-21-17-32(18-22-36)27-33-19-23-37(24-20-33)49-47(53)41-29-45(35-12-8-10-31(2)26-35)51-43-16-6-4-14-39(41)43/h3-16,25-26,28-29,32-33,36-37H,17-24,27H2,1-2H3,(H,48,52)(H,49,53). The van der Waals surface area contributed by atoms with Gasteiger partial charge in [0.25, 0.3) is 11.8 Å². The lowest BCUT2D eigenvalue weighted by Crippen LogP contribution is -2.39. The highest BCUT2D eigenvalue weighted by Crippen LogP contribution is 2.36. The Kier molecular flexibility index (Phi) is 10.0. The van der Waals surface area contributed by atoms with Crippen molar-refractivity contribution in [3.05, 3.63) is 131 Å².